The smallest absolute Gasteiger partial charge is 0.220 e. The van der Waals surface area contributed by atoms with Gasteiger partial charge in [0.1, 0.15) is 0 Å². The second kappa shape index (κ2) is 6.30. The average molecular weight is 313 g/mol. The van der Waals surface area contributed by atoms with Crippen molar-refractivity contribution in [1.82, 2.24) is 5.32 Å². The van der Waals surface area contributed by atoms with Crippen LogP contribution in [0, 0.1) is 17.3 Å². The molecule has 0 saturated heterocycles. The maximum absolute atomic E-state index is 12.2. The summed E-state index contributed by atoms with van der Waals surface area (Å²) in [6, 6.07) is 11.1. The summed E-state index contributed by atoms with van der Waals surface area (Å²) in [4.78, 5) is 12.2. The zero-order chi connectivity index (χ0) is 16.5. The summed E-state index contributed by atoms with van der Waals surface area (Å²) in [6.07, 6.45) is 6.97. The largest absolute Gasteiger partial charge is 0.356 e. The van der Waals surface area contributed by atoms with Crippen LogP contribution >= 0.6 is 0 Å². The molecule has 0 radical (unpaired) electrons. The van der Waals surface area contributed by atoms with Crippen molar-refractivity contribution in [2.75, 3.05) is 6.54 Å². The molecule has 23 heavy (non-hydrogen) atoms. The molecule has 2 aliphatic carbocycles. The number of hydrogen-bond acceptors (Lipinski definition) is 1. The summed E-state index contributed by atoms with van der Waals surface area (Å²) in [5.74, 6) is 1.79. The van der Waals surface area contributed by atoms with Crippen molar-refractivity contribution in [3.05, 3.63) is 35.9 Å². The van der Waals surface area contributed by atoms with E-state index in [9.17, 15) is 4.79 Å². The fraction of sp³-hybridized carbons (Fsp3) is 0.667. The van der Waals surface area contributed by atoms with Crippen molar-refractivity contribution >= 4 is 5.91 Å². The van der Waals surface area contributed by atoms with Gasteiger partial charge in [-0.3, -0.25) is 4.79 Å². The number of benzene rings is 1. The van der Waals surface area contributed by atoms with Gasteiger partial charge < -0.3 is 5.32 Å². The normalized spacial score (nSPS) is 36.5. The monoisotopic (exact) mass is 313 g/mol. The van der Waals surface area contributed by atoms with Crippen LogP contribution in [0.2, 0.25) is 0 Å². The quantitative estimate of drug-likeness (QED) is 0.858. The zero-order valence-corrected chi connectivity index (χ0v) is 14.9. The minimum Gasteiger partial charge on any atom is -0.356 e. The molecule has 0 spiro atoms. The van der Waals surface area contributed by atoms with Crippen LogP contribution in [0.1, 0.15) is 64.9 Å². The molecule has 1 amide bonds. The van der Waals surface area contributed by atoms with Gasteiger partial charge in [0.05, 0.1) is 0 Å². The molecule has 4 unspecified atom stereocenters. The lowest BCUT2D eigenvalue weighted by atomic mass is 9.50. The van der Waals surface area contributed by atoms with Crippen molar-refractivity contribution < 1.29 is 4.79 Å². The Balaban J connectivity index is 1.89. The maximum Gasteiger partial charge on any atom is 0.220 e. The lowest BCUT2D eigenvalue weighted by Gasteiger charge is -2.55. The second-order valence-electron chi connectivity index (χ2n) is 8.58. The third-order valence-corrected chi connectivity index (χ3v) is 6.05. The highest BCUT2D eigenvalue weighted by Crippen LogP contribution is 2.58. The molecular formula is C21H31NO. The van der Waals surface area contributed by atoms with E-state index in [0.29, 0.717) is 6.42 Å². The van der Waals surface area contributed by atoms with Gasteiger partial charge in [0.25, 0.3) is 0 Å². The van der Waals surface area contributed by atoms with Crippen molar-refractivity contribution in [3.8, 4) is 0 Å². The van der Waals surface area contributed by atoms with E-state index >= 15 is 0 Å². The zero-order valence-electron chi connectivity index (χ0n) is 14.9. The van der Waals surface area contributed by atoms with Crippen molar-refractivity contribution in [2.45, 2.75) is 64.7 Å². The Morgan fingerprint density at radius 3 is 2.65 bits per heavy atom. The highest BCUT2D eigenvalue weighted by Gasteiger charge is 2.50. The number of carbonyl (C=O) groups excluding carboxylic acids is 1. The van der Waals surface area contributed by atoms with Gasteiger partial charge in [-0.25, -0.2) is 0 Å². The number of fused-ring (bicyclic) bond motifs is 2. The van der Waals surface area contributed by atoms with Crippen LogP contribution < -0.4 is 5.32 Å². The topological polar surface area (TPSA) is 29.1 Å². The highest BCUT2D eigenvalue weighted by molar-refractivity contribution is 5.76. The fourth-order valence-electron chi connectivity index (χ4n) is 5.84. The van der Waals surface area contributed by atoms with Crippen LogP contribution in [0.25, 0.3) is 0 Å². The maximum atomic E-state index is 12.2. The summed E-state index contributed by atoms with van der Waals surface area (Å²) in [6.45, 7) is 7.50. The van der Waals surface area contributed by atoms with E-state index in [4.69, 9.17) is 0 Å². The summed E-state index contributed by atoms with van der Waals surface area (Å²) in [5.41, 5.74) is 1.92. The predicted molar refractivity (Wildman–Crippen MR) is 95.3 cm³/mol. The molecule has 2 fully saturated rings. The molecular weight excluding hydrogens is 282 g/mol. The summed E-state index contributed by atoms with van der Waals surface area (Å²) in [5, 5.41) is 3.01. The molecule has 2 saturated carbocycles. The van der Waals surface area contributed by atoms with E-state index in [1.807, 2.05) is 6.92 Å². The first-order valence-corrected chi connectivity index (χ1v) is 9.27. The highest BCUT2D eigenvalue weighted by atomic mass is 16.1. The van der Waals surface area contributed by atoms with Gasteiger partial charge >= 0.3 is 0 Å². The standard InChI is InChI=1S/C21H31NO/c1-4-22-19(23)14-20(3)12-17-10-16(2)11-21(13-17,15-20)18-8-6-5-7-9-18/h5-9,16-17H,4,10-15H2,1-3H3,(H,22,23). The Morgan fingerprint density at radius 1 is 1.22 bits per heavy atom. The SMILES string of the molecule is CCNC(=O)CC1(C)CC2CC(C)CC(c3ccccc3)(C2)C1. The minimum atomic E-state index is 0.137. The van der Waals surface area contributed by atoms with Crippen LogP contribution in [0.5, 0.6) is 0 Å². The molecule has 4 atom stereocenters. The van der Waals surface area contributed by atoms with E-state index in [1.165, 1.54) is 31.2 Å². The third kappa shape index (κ3) is 3.46. The van der Waals surface area contributed by atoms with Gasteiger partial charge in [-0.1, -0.05) is 44.2 Å². The second-order valence-corrected chi connectivity index (χ2v) is 8.58. The van der Waals surface area contributed by atoms with Gasteiger partial charge in [-0.2, -0.15) is 0 Å². The van der Waals surface area contributed by atoms with Gasteiger partial charge in [0, 0.05) is 13.0 Å². The first-order chi connectivity index (χ1) is 10.9. The average Bonchev–Trinajstić information content (AvgIpc) is 2.46. The van der Waals surface area contributed by atoms with Crippen LogP contribution in [-0.4, -0.2) is 12.5 Å². The molecule has 1 aromatic rings. The lowest BCUT2D eigenvalue weighted by molar-refractivity contribution is -0.125. The predicted octanol–water partition coefficient (Wildman–Crippen LogP) is 4.69. The van der Waals surface area contributed by atoms with Crippen LogP contribution in [0.3, 0.4) is 0 Å². The molecule has 0 aliphatic heterocycles. The molecule has 2 heteroatoms. The van der Waals surface area contributed by atoms with Crippen molar-refractivity contribution in [3.63, 3.8) is 0 Å². The summed E-state index contributed by atoms with van der Waals surface area (Å²) < 4.78 is 0. The molecule has 1 N–H and O–H groups in total. The summed E-state index contributed by atoms with van der Waals surface area (Å²) in [7, 11) is 0. The van der Waals surface area contributed by atoms with Crippen LogP contribution in [-0.2, 0) is 10.2 Å². The summed E-state index contributed by atoms with van der Waals surface area (Å²) >= 11 is 0. The van der Waals surface area contributed by atoms with Crippen molar-refractivity contribution in [1.29, 1.82) is 0 Å². The number of rotatable bonds is 4. The van der Waals surface area contributed by atoms with E-state index < -0.39 is 0 Å². The first-order valence-electron chi connectivity index (χ1n) is 9.27. The molecule has 126 valence electrons. The number of nitrogens with one attached hydrogen (secondary N) is 1. The molecule has 2 aliphatic rings. The Morgan fingerprint density at radius 2 is 1.96 bits per heavy atom. The minimum absolute atomic E-state index is 0.137. The molecule has 2 nitrogen and oxygen atoms in total. The molecule has 2 bridgehead atoms. The molecule has 3 rings (SSSR count). The molecule has 0 heterocycles. The van der Waals surface area contributed by atoms with Crippen LogP contribution in [0.4, 0.5) is 0 Å². The van der Waals surface area contributed by atoms with Crippen molar-refractivity contribution in [2.24, 2.45) is 17.3 Å². The number of carbonyl (C=O) groups is 1. The Hall–Kier alpha value is -1.31. The number of amides is 1. The van der Waals surface area contributed by atoms with Gasteiger partial charge in [0.2, 0.25) is 5.91 Å². The molecule has 1 aromatic carbocycles. The third-order valence-electron chi connectivity index (χ3n) is 6.05. The Bertz CT molecular complexity index is 550. The fourth-order valence-corrected chi connectivity index (χ4v) is 5.84. The lowest BCUT2D eigenvalue weighted by Crippen LogP contribution is -2.48. The van der Waals surface area contributed by atoms with Gasteiger partial charge in [0.15, 0.2) is 0 Å². The Labute approximate surface area is 141 Å². The van der Waals surface area contributed by atoms with Gasteiger partial charge in [-0.15, -0.1) is 0 Å². The van der Waals surface area contributed by atoms with Crippen LogP contribution in [0.15, 0.2) is 30.3 Å². The first kappa shape index (κ1) is 16.5. The van der Waals surface area contributed by atoms with E-state index in [-0.39, 0.29) is 16.7 Å². The molecule has 0 aromatic heterocycles. The van der Waals surface area contributed by atoms with E-state index in [1.54, 1.807) is 0 Å². The number of hydrogen-bond donors (Lipinski definition) is 1. The Kier molecular flexibility index (Phi) is 4.53. The van der Waals surface area contributed by atoms with Gasteiger partial charge in [-0.05, 0) is 67.3 Å². The van der Waals surface area contributed by atoms with E-state index in [0.717, 1.165) is 24.8 Å². The van der Waals surface area contributed by atoms with E-state index in [2.05, 4.69) is 49.5 Å².